The summed E-state index contributed by atoms with van der Waals surface area (Å²) in [4.78, 5) is 0. The number of hydrogen-bond acceptors (Lipinski definition) is 3. The van der Waals surface area contributed by atoms with Crippen LogP contribution in [0.4, 0.5) is 0 Å². The van der Waals surface area contributed by atoms with Crippen molar-refractivity contribution in [3.63, 3.8) is 0 Å². The molecule has 1 saturated heterocycles. The van der Waals surface area contributed by atoms with E-state index in [4.69, 9.17) is 4.74 Å². The molecule has 1 fully saturated rings. The molecule has 1 unspecified atom stereocenters. The van der Waals surface area contributed by atoms with Crippen molar-refractivity contribution >= 4 is 0 Å². The summed E-state index contributed by atoms with van der Waals surface area (Å²) >= 11 is 0. The van der Waals surface area contributed by atoms with Crippen LogP contribution in [0.25, 0.3) is 0 Å². The van der Waals surface area contributed by atoms with Crippen molar-refractivity contribution in [2.24, 2.45) is 0 Å². The van der Waals surface area contributed by atoms with E-state index in [1.165, 1.54) is 12.8 Å². The van der Waals surface area contributed by atoms with Gasteiger partial charge in [-0.05, 0) is 33.1 Å². The lowest BCUT2D eigenvalue weighted by Gasteiger charge is -2.10. The summed E-state index contributed by atoms with van der Waals surface area (Å²) in [5, 5.41) is 13.7. The number of rotatable bonds is 4. The van der Waals surface area contributed by atoms with Gasteiger partial charge in [0.15, 0.2) is 0 Å². The first kappa shape index (κ1) is 11.6. The van der Waals surface area contributed by atoms with Gasteiger partial charge in [-0.1, -0.05) is 0 Å². The average Bonchev–Trinajstić information content (AvgIpc) is 2.85. The Balaban J connectivity index is 1.98. The Hall–Kier alpha value is -0.870. The van der Waals surface area contributed by atoms with Gasteiger partial charge in [-0.25, -0.2) is 0 Å². The minimum absolute atomic E-state index is 0.0809. The molecule has 1 aromatic heterocycles. The molecule has 1 aromatic rings. The molecule has 1 aliphatic heterocycles. The van der Waals surface area contributed by atoms with Crippen LogP contribution in [-0.4, -0.2) is 27.6 Å². The average molecular weight is 224 g/mol. The second-order valence-electron chi connectivity index (χ2n) is 4.45. The van der Waals surface area contributed by atoms with Crippen LogP contribution in [0.2, 0.25) is 0 Å². The van der Waals surface area contributed by atoms with E-state index in [1.54, 1.807) is 0 Å². The van der Waals surface area contributed by atoms with Crippen molar-refractivity contribution in [1.29, 1.82) is 0 Å². The van der Waals surface area contributed by atoms with Crippen molar-refractivity contribution < 1.29 is 9.84 Å². The number of ether oxygens (including phenoxy) is 1. The topological polar surface area (TPSA) is 47.3 Å². The number of aryl methyl sites for hydroxylation is 2. The third kappa shape index (κ3) is 2.28. The molecule has 16 heavy (non-hydrogen) atoms. The molecular formula is C12H20N2O2. The second-order valence-corrected chi connectivity index (χ2v) is 4.45. The third-order valence-electron chi connectivity index (χ3n) is 3.38. The molecule has 0 saturated carbocycles. The number of nitrogens with zero attached hydrogens (tertiary/aromatic N) is 2. The fraction of sp³-hybridized carbons (Fsp3) is 0.750. The van der Waals surface area contributed by atoms with Crippen LogP contribution >= 0.6 is 0 Å². The Bertz CT molecular complexity index is 354. The van der Waals surface area contributed by atoms with Crippen LogP contribution in [0.5, 0.6) is 0 Å². The molecule has 1 N–H and O–H groups in total. The van der Waals surface area contributed by atoms with Crippen LogP contribution in [-0.2, 0) is 17.9 Å². The van der Waals surface area contributed by atoms with E-state index in [0.717, 1.165) is 36.5 Å². The summed E-state index contributed by atoms with van der Waals surface area (Å²) in [5.74, 6) is 0. The van der Waals surface area contributed by atoms with Crippen LogP contribution in [0.15, 0.2) is 0 Å². The van der Waals surface area contributed by atoms with Gasteiger partial charge >= 0.3 is 0 Å². The fourth-order valence-electron chi connectivity index (χ4n) is 2.32. The Labute approximate surface area is 96.2 Å². The van der Waals surface area contributed by atoms with Crippen molar-refractivity contribution in [3.05, 3.63) is 17.0 Å². The van der Waals surface area contributed by atoms with Crippen LogP contribution in [0.3, 0.4) is 0 Å². The standard InChI is InChI=1S/C12H20N2O2/c1-9-12(8-15)10(2)14(13-9)6-5-11-4-3-7-16-11/h11,15H,3-8H2,1-2H3. The first-order chi connectivity index (χ1) is 7.72. The first-order valence-electron chi connectivity index (χ1n) is 5.97. The van der Waals surface area contributed by atoms with Gasteiger partial charge in [-0.3, -0.25) is 4.68 Å². The van der Waals surface area contributed by atoms with Crippen LogP contribution in [0, 0.1) is 13.8 Å². The summed E-state index contributed by atoms with van der Waals surface area (Å²) in [6.07, 6.45) is 3.78. The molecule has 1 aliphatic rings. The monoisotopic (exact) mass is 224 g/mol. The third-order valence-corrected chi connectivity index (χ3v) is 3.38. The normalized spacial score (nSPS) is 20.6. The summed E-state index contributed by atoms with van der Waals surface area (Å²) < 4.78 is 7.58. The smallest absolute Gasteiger partial charge is 0.0718 e. The lowest BCUT2D eigenvalue weighted by molar-refractivity contribution is 0.0992. The molecule has 4 nitrogen and oxygen atoms in total. The van der Waals surface area contributed by atoms with Crippen molar-refractivity contribution in [2.45, 2.75) is 52.4 Å². The highest BCUT2D eigenvalue weighted by molar-refractivity contribution is 5.23. The molecule has 0 spiro atoms. The minimum atomic E-state index is 0.0809. The van der Waals surface area contributed by atoms with Gasteiger partial charge in [0.05, 0.1) is 18.4 Å². The summed E-state index contributed by atoms with van der Waals surface area (Å²) in [7, 11) is 0. The zero-order chi connectivity index (χ0) is 11.5. The lowest BCUT2D eigenvalue weighted by atomic mass is 10.2. The SMILES string of the molecule is Cc1nn(CCC2CCCO2)c(C)c1CO. The Kier molecular flexibility index (Phi) is 3.61. The molecule has 90 valence electrons. The first-order valence-corrected chi connectivity index (χ1v) is 5.97. The Morgan fingerprint density at radius 3 is 2.88 bits per heavy atom. The lowest BCUT2D eigenvalue weighted by Crippen LogP contribution is -2.12. The maximum atomic E-state index is 9.21. The van der Waals surface area contributed by atoms with Gasteiger partial charge in [-0.15, -0.1) is 0 Å². The summed E-state index contributed by atoms with van der Waals surface area (Å²) in [6.45, 7) is 5.83. The van der Waals surface area contributed by atoms with E-state index in [-0.39, 0.29) is 6.61 Å². The predicted octanol–water partition coefficient (Wildman–Crippen LogP) is 1.56. The second kappa shape index (κ2) is 4.97. The summed E-state index contributed by atoms with van der Waals surface area (Å²) in [5.41, 5.74) is 2.98. The summed E-state index contributed by atoms with van der Waals surface area (Å²) in [6, 6.07) is 0. The number of aromatic nitrogens is 2. The van der Waals surface area contributed by atoms with E-state index >= 15 is 0 Å². The minimum Gasteiger partial charge on any atom is -0.392 e. The van der Waals surface area contributed by atoms with Crippen molar-refractivity contribution in [2.75, 3.05) is 6.61 Å². The number of hydrogen-bond donors (Lipinski definition) is 1. The van der Waals surface area contributed by atoms with E-state index in [9.17, 15) is 5.11 Å². The fourth-order valence-corrected chi connectivity index (χ4v) is 2.32. The zero-order valence-electron chi connectivity index (χ0n) is 10.1. The Morgan fingerprint density at radius 2 is 2.31 bits per heavy atom. The van der Waals surface area contributed by atoms with Crippen LogP contribution in [0.1, 0.15) is 36.2 Å². The molecule has 2 heterocycles. The molecule has 0 amide bonds. The van der Waals surface area contributed by atoms with E-state index < -0.39 is 0 Å². The maximum absolute atomic E-state index is 9.21. The Morgan fingerprint density at radius 1 is 1.50 bits per heavy atom. The molecule has 0 radical (unpaired) electrons. The largest absolute Gasteiger partial charge is 0.392 e. The molecule has 4 heteroatoms. The molecule has 0 aromatic carbocycles. The highest BCUT2D eigenvalue weighted by atomic mass is 16.5. The molecular weight excluding hydrogens is 204 g/mol. The van der Waals surface area contributed by atoms with Gasteiger partial charge in [0, 0.05) is 24.4 Å². The predicted molar refractivity (Wildman–Crippen MR) is 61.2 cm³/mol. The van der Waals surface area contributed by atoms with Gasteiger partial charge in [0.1, 0.15) is 0 Å². The van der Waals surface area contributed by atoms with Crippen molar-refractivity contribution in [3.8, 4) is 0 Å². The highest BCUT2D eigenvalue weighted by Crippen LogP contribution is 2.18. The highest BCUT2D eigenvalue weighted by Gasteiger charge is 2.17. The van der Waals surface area contributed by atoms with E-state index in [2.05, 4.69) is 5.10 Å². The number of aliphatic hydroxyl groups excluding tert-OH is 1. The van der Waals surface area contributed by atoms with E-state index in [0.29, 0.717) is 6.10 Å². The zero-order valence-corrected chi connectivity index (χ0v) is 10.1. The van der Waals surface area contributed by atoms with Crippen LogP contribution < -0.4 is 0 Å². The molecule has 2 rings (SSSR count). The number of aliphatic hydroxyl groups is 1. The quantitative estimate of drug-likeness (QED) is 0.844. The van der Waals surface area contributed by atoms with Gasteiger partial charge in [0.2, 0.25) is 0 Å². The van der Waals surface area contributed by atoms with Gasteiger partial charge in [-0.2, -0.15) is 5.10 Å². The van der Waals surface area contributed by atoms with E-state index in [1.807, 2.05) is 18.5 Å². The van der Waals surface area contributed by atoms with Gasteiger partial charge < -0.3 is 9.84 Å². The van der Waals surface area contributed by atoms with Gasteiger partial charge in [0.25, 0.3) is 0 Å². The van der Waals surface area contributed by atoms with Crippen molar-refractivity contribution in [1.82, 2.24) is 9.78 Å². The molecule has 0 aliphatic carbocycles. The molecule has 0 bridgehead atoms. The molecule has 1 atom stereocenters. The maximum Gasteiger partial charge on any atom is 0.0718 e.